The van der Waals surface area contributed by atoms with Crippen molar-refractivity contribution in [3.05, 3.63) is 34.9 Å². The van der Waals surface area contributed by atoms with Gasteiger partial charge in [0.25, 0.3) is 0 Å². The van der Waals surface area contributed by atoms with Gasteiger partial charge in [0.1, 0.15) is 0 Å². The van der Waals surface area contributed by atoms with Gasteiger partial charge in [0.15, 0.2) is 0 Å². The highest BCUT2D eigenvalue weighted by molar-refractivity contribution is 6.30. The maximum atomic E-state index is 11.8. The molecular formula is C12H16ClN3O. The van der Waals surface area contributed by atoms with Crippen LogP contribution >= 0.6 is 11.6 Å². The molecule has 1 aliphatic rings. The minimum Gasteiger partial charge on any atom is -0.329 e. The van der Waals surface area contributed by atoms with E-state index in [0.29, 0.717) is 18.1 Å². The van der Waals surface area contributed by atoms with Gasteiger partial charge in [-0.05, 0) is 24.6 Å². The zero-order valence-corrected chi connectivity index (χ0v) is 10.4. The zero-order valence-electron chi connectivity index (χ0n) is 9.69. The topological polar surface area (TPSA) is 58.4 Å². The number of carbonyl (C=O) groups is 1. The Morgan fingerprint density at radius 3 is 2.76 bits per heavy atom. The van der Waals surface area contributed by atoms with Gasteiger partial charge in [-0.25, -0.2) is 4.79 Å². The number of nitrogens with one attached hydrogen (secondary N) is 1. The Labute approximate surface area is 106 Å². The van der Waals surface area contributed by atoms with E-state index < -0.39 is 0 Å². The molecule has 17 heavy (non-hydrogen) atoms. The molecule has 92 valence electrons. The molecule has 1 aromatic rings. The Balaban J connectivity index is 2.11. The fourth-order valence-electron chi connectivity index (χ4n) is 1.95. The molecule has 2 unspecified atom stereocenters. The molecule has 1 heterocycles. The second kappa shape index (κ2) is 4.94. The summed E-state index contributed by atoms with van der Waals surface area (Å²) >= 11 is 5.83. The summed E-state index contributed by atoms with van der Waals surface area (Å²) in [5.41, 5.74) is 6.64. The molecular weight excluding hydrogens is 238 g/mol. The molecule has 0 saturated carbocycles. The maximum Gasteiger partial charge on any atom is 0.318 e. The second-order valence-electron chi connectivity index (χ2n) is 4.29. The van der Waals surface area contributed by atoms with Crippen LogP contribution in [0.3, 0.4) is 0 Å². The molecule has 1 saturated heterocycles. The largest absolute Gasteiger partial charge is 0.329 e. The normalized spacial score (nSPS) is 21.5. The molecule has 1 fully saturated rings. The van der Waals surface area contributed by atoms with Crippen LogP contribution in [0, 0.1) is 0 Å². The first-order valence-corrected chi connectivity index (χ1v) is 6.02. The molecule has 1 aromatic carbocycles. The highest BCUT2D eigenvalue weighted by atomic mass is 35.5. The number of hydrogen-bond acceptors (Lipinski definition) is 2. The molecule has 0 bridgehead atoms. The van der Waals surface area contributed by atoms with E-state index in [0.717, 1.165) is 5.56 Å². The van der Waals surface area contributed by atoms with E-state index in [1.807, 2.05) is 31.2 Å². The number of amides is 2. The summed E-state index contributed by atoms with van der Waals surface area (Å²) in [6.45, 7) is 3.07. The summed E-state index contributed by atoms with van der Waals surface area (Å²) in [5, 5.41) is 3.64. The van der Waals surface area contributed by atoms with Crippen LogP contribution in [0.2, 0.25) is 5.02 Å². The van der Waals surface area contributed by atoms with Crippen LogP contribution in [0.5, 0.6) is 0 Å². The summed E-state index contributed by atoms with van der Waals surface area (Å²) in [4.78, 5) is 13.5. The van der Waals surface area contributed by atoms with Gasteiger partial charge in [-0.3, -0.25) is 0 Å². The van der Waals surface area contributed by atoms with Crippen LogP contribution in [0.1, 0.15) is 18.5 Å². The van der Waals surface area contributed by atoms with Crippen LogP contribution in [-0.2, 0) is 0 Å². The molecule has 2 rings (SSSR count). The lowest BCUT2D eigenvalue weighted by Gasteiger charge is -2.21. The molecule has 0 aromatic heterocycles. The van der Waals surface area contributed by atoms with Crippen LogP contribution in [0.25, 0.3) is 0 Å². The SMILES string of the molecule is CC(CN)N1CC(c2ccc(Cl)cc2)NC1=O. The molecule has 5 heteroatoms. The lowest BCUT2D eigenvalue weighted by molar-refractivity contribution is 0.203. The predicted octanol–water partition coefficient (Wildman–Crippen LogP) is 1.75. The first kappa shape index (κ1) is 12.2. The van der Waals surface area contributed by atoms with Gasteiger partial charge in [-0.15, -0.1) is 0 Å². The number of nitrogens with two attached hydrogens (primary N) is 1. The first-order chi connectivity index (χ1) is 8.11. The molecule has 0 aliphatic carbocycles. The van der Waals surface area contributed by atoms with Crippen LogP contribution in [0.15, 0.2) is 24.3 Å². The van der Waals surface area contributed by atoms with Gasteiger partial charge in [0, 0.05) is 24.2 Å². The van der Waals surface area contributed by atoms with Crippen LogP contribution in [-0.4, -0.2) is 30.1 Å². The van der Waals surface area contributed by atoms with Gasteiger partial charge < -0.3 is 16.0 Å². The van der Waals surface area contributed by atoms with Crippen molar-refractivity contribution in [1.29, 1.82) is 0 Å². The minimum atomic E-state index is -0.0529. The number of hydrogen-bond donors (Lipinski definition) is 2. The lowest BCUT2D eigenvalue weighted by Crippen LogP contribution is -2.40. The lowest BCUT2D eigenvalue weighted by atomic mass is 10.1. The Kier molecular flexibility index (Phi) is 3.54. The molecule has 2 atom stereocenters. The molecule has 4 nitrogen and oxygen atoms in total. The van der Waals surface area contributed by atoms with E-state index in [4.69, 9.17) is 17.3 Å². The Morgan fingerprint density at radius 2 is 2.18 bits per heavy atom. The van der Waals surface area contributed by atoms with Gasteiger partial charge in [0.05, 0.1) is 6.04 Å². The predicted molar refractivity (Wildman–Crippen MR) is 67.9 cm³/mol. The van der Waals surface area contributed by atoms with E-state index in [9.17, 15) is 4.79 Å². The number of carbonyl (C=O) groups excluding carboxylic acids is 1. The van der Waals surface area contributed by atoms with Gasteiger partial charge in [-0.2, -0.15) is 0 Å². The first-order valence-electron chi connectivity index (χ1n) is 5.64. The van der Waals surface area contributed by atoms with Crippen molar-refractivity contribution in [3.63, 3.8) is 0 Å². The van der Waals surface area contributed by atoms with Crippen molar-refractivity contribution < 1.29 is 4.79 Å². The number of benzene rings is 1. The summed E-state index contributed by atoms with van der Waals surface area (Å²) in [7, 11) is 0. The minimum absolute atomic E-state index is 0.0220. The number of rotatable bonds is 3. The van der Waals surface area contributed by atoms with Crippen molar-refractivity contribution in [2.75, 3.05) is 13.1 Å². The summed E-state index contributed by atoms with van der Waals surface area (Å²) < 4.78 is 0. The second-order valence-corrected chi connectivity index (χ2v) is 4.73. The molecule has 1 aliphatic heterocycles. The highest BCUT2D eigenvalue weighted by Gasteiger charge is 2.32. The fraction of sp³-hybridized carbons (Fsp3) is 0.417. The smallest absolute Gasteiger partial charge is 0.318 e. The number of nitrogens with zero attached hydrogens (tertiary/aromatic N) is 1. The molecule has 0 radical (unpaired) electrons. The van der Waals surface area contributed by atoms with E-state index in [-0.39, 0.29) is 18.1 Å². The Morgan fingerprint density at radius 1 is 1.53 bits per heavy atom. The highest BCUT2D eigenvalue weighted by Crippen LogP contribution is 2.22. The van der Waals surface area contributed by atoms with E-state index in [2.05, 4.69) is 5.32 Å². The zero-order chi connectivity index (χ0) is 12.4. The summed E-state index contributed by atoms with van der Waals surface area (Å²) in [5.74, 6) is 0. The number of halogens is 1. The number of urea groups is 1. The van der Waals surface area contributed by atoms with Gasteiger partial charge in [0.2, 0.25) is 0 Å². The van der Waals surface area contributed by atoms with Crippen molar-refractivity contribution in [1.82, 2.24) is 10.2 Å². The molecule has 0 spiro atoms. The van der Waals surface area contributed by atoms with E-state index >= 15 is 0 Å². The summed E-state index contributed by atoms with van der Waals surface area (Å²) in [6, 6.07) is 7.56. The van der Waals surface area contributed by atoms with Crippen molar-refractivity contribution >= 4 is 17.6 Å². The van der Waals surface area contributed by atoms with Gasteiger partial charge >= 0.3 is 6.03 Å². The van der Waals surface area contributed by atoms with Crippen molar-refractivity contribution in [2.45, 2.75) is 19.0 Å². The third kappa shape index (κ3) is 2.53. The quantitative estimate of drug-likeness (QED) is 0.862. The summed E-state index contributed by atoms with van der Waals surface area (Å²) in [6.07, 6.45) is 0. The van der Waals surface area contributed by atoms with Gasteiger partial charge in [-0.1, -0.05) is 23.7 Å². The van der Waals surface area contributed by atoms with Crippen LogP contribution in [0.4, 0.5) is 4.79 Å². The Hall–Kier alpha value is -1.26. The fourth-order valence-corrected chi connectivity index (χ4v) is 2.07. The third-order valence-corrected chi connectivity index (χ3v) is 3.34. The molecule has 2 amide bonds. The van der Waals surface area contributed by atoms with Crippen molar-refractivity contribution in [2.24, 2.45) is 5.73 Å². The van der Waals surface area contributed by atoms with Crippen molar-refractivity contribution in [3.8, 4) is 0 Å². The van der Waals surface area contributed by atoms with E-state index in [1.54, 1.807) is 4.90 Å². The molecule has 3 N–H and O–H groups in total. The average molecular weight is 254 g/mol. The monoisotopic (exact) mass is 253 g/mol. The average Bonchev–Trinajstić information content (AvgIpc) is 2.71. The third-order valence-electron chi connectivity index (χ3n) is 3.08. The van der Waals surface area contributed by atoms with E-state index in [1.165, 1.54) is 0 Å². The van der Waals surface area contributed by atoms with Crippen LogP contribution < -0.4 is 11.1 Å². The maximum absolute atomic E-state index is 11.8. The Bertz CT molecular complexity index is 407. The standard InChI is InChI=1S/C12H16ClN3O/c1-8(6-14)16-7-11(15-12(16)17)9-2-4-10(13)5-3-9/h2-5,8,11H,6-7,14H2,1H3,(H,15,17).